The number of nitrogens with one attached hydrogen (secondary N) is 1. The number of benzene rings is 1. The summed E-state index contributed by atoms with van der Waals surface area (Å²) in [6.07, 6.45) is 0.776. The van der Waals surface area contributed by atoms with Crippen LogP contribution >= 0.6 is 0 Å². The predicted octanol–water partition coefficient (Wildman–Crippen LogP) is 2.36. The fourth-order valence-electron chi connectivity index (χ4n) is 2.91. The third kappa shape index (κ3) is 4.86. The summed E-state index contributed by atoms with van der Waals surface area (Å²) in [4.78, 5) is 16.6. The Morgan fingerprint density at radius 3 is 2.43 bits per heavy atom. The van der Waals surface area contributed by atoms with Crippen molar-refractivity contribution in [3.63, 3.8) is 0 Å². The summed E-state index contributed by atoms with van der Waals surface area (Å²) in [7, 11) is 1.67. The number of methoxy groups -OCH3 is 1. The number of para-hydroxylation sites is 1. The molecular weight excluding hydrogens is 290 g/mol. The number of nitrogens with zero attached hydrogens (tertiary/aromatic N) is 2. The molecule has 0 aromatic heterocycles. The first kappa shape index (κ1) is 17.6. The average Bonchev–Trinajstić information content (AvgIpc) is 2.54. The monoisotopic (exact) mass is 319 g/mol. The molecule has 1 heterocycles. The highest BCUT2D eigenvalue weighted by molar-refractivity contribution is 5.74. The van der Waals surface area contributed by atoms with E-state index in [0.717, 1.165) is 43.9 Å². The molecule has 0 unspecified atom stereocenters. The number of piperazine rings is 1. The van der Waals surface area contributed by atoms with E-state index in [-0.39, 0.29) is 11.6 Å². The van der Waals surface area contributed by atoms with E-state index < -0.39 is 0 Å². The lowest BCUT2D eigenvalue weighted by Gasteiger charge is -2.42. The van der Waals surface area contributed by atoms with Crippen LogP contribution in [0.15, 0.2) is 24.3 Å². The van der Waals surface area contributed by atoms with Crippen molar-refractivity contribution < 1.29 is 9.53 Å². The third-order valence-corrected chi connectivity index (χ3v) is 4.38. The fraction of sp³-hybridized carbons (Fsp3) is 0.611. The van der Waals surface area contributed by atoms with Crippen molar-refractivity contribution in [1.82, 2.24) is 15.1 Å². The van der Waals surface area contributed by atoms with Gasteiger partial charge in [0.25, 0.3) is 0 Å². The van der Waals surface area contributed by atoms with Gasteiger partial charge in [0.05, 0.1) is 7.11 Å². The zero-order valence-electron chi connectivity index (χ0n) is 14.8. The summed E-state index contributed by atoms with van der Waals surface area (Å²) >= 11 is 0. The molecule has 0 radical (unpaired) electrons. The van der Waals surface area contributed by atoms with E-state index in [9.17, 15) is 4.79 Å². The van der Waals surface area contributed by atoms with E-state index in [4.69, 9.17) is 4.74 Å². The number of hydrogen-bond acceptors (Lipinski definition) is 3. The van der Waals surface area contributed by atoms with Crippen molar-refractivity contribution >= 4 is 6.03 Å². The molecule has 2 amide bonds. The lowest BCUT2D eigenvalue weighted by Crippen LogP contribution is -2.56. The van der Waals surface area contributed by atoms with E-state index in [0.29, 0.717) is 6.54 Å². The Labute approximate surface area is 139 Å². The molecule has 0 atom stereocenters. The van der Waals surface area contributed by atoms with Crippen molar-refractivity contribution in [3.8, 4) is 5.75 Å². The molecular formula is C18H29N3O2. The Kier molecular flexibility index (Phi) is 5.88. The van der Waals surface area contributed by atoms with E-state index in [1.165, 1.54) is 0 Å². The van der Waals surface area contributed by atoms with Crippen LogP contribution in [0.1, 0.15) is 26.3 Å². The maximum atomic E-state index is 12.3. The first-order valence-corrected chi connectivity index (χ1v) is 8.31. The normalized spacial score (nSPS) is 16.3. The molecule has 1 N–H and O–H groups in total. The molecule has 5 nitrogen and oxygen atoms in total. The molecule has 128 valence electrons. The van der Waals surface area contributed by atoms with Crippen molar-refractivity contribution in [2.45, 2.75) is 32.7 Å². The number of amides is 2. The molecule has 0 spiro atoms. The van der Waals surface area contributed by atoms with Crippen molar-refractivity contribution in [2.24, 2.45) is 0 Å². The SMILES string of the molecule is COc1ccccc1CCNC(=O)N1CCN(C(C)(C)C)CC1. The number of hydrogen-bond donors (Lipinski definition) is 1. The Hall–Kier alpha value is -1.75. The molecule has 0 aliphatic carbocycles. The summed E-state index contributed by atoms with van der Waals surface area (Å²) in [5, 5.41) is 3.02. The zero-order valence-corrected chi connectivity index (χ0v) is 14.8. The molecule has 1 fully saturated rings. The maximum absolute atomic E-state index is 12.3. The minimum atomic E-state index is 0.0356. The quantitative estimate of drug-likeness (QED) is 0.926. The van der Waals surface area contributed by atoms with Crippen molar-refractivity contribution in [3.05, 3.63) is 29.8 Å². The fourth-order valence-corrected chi connectivity index (χ4v) is 2.91. The minimum Gasteiger partial charge on any atom is -0.496 e. The highest BCUT2D eigenvalue weighted by Gasteiger charge is 2.27. The number of carbonyl (C=O) groups excluding carboxylic acids is 1. The van der Waals surface area contributed by atoms with Gasteiger partial charge in [0.2, 0.25) is 0 Å². The van der Waals surface area contributed by atoms with Crippen molar-refractivity contribution in [1.29, 1.82) is 0 Å². The maximum Gasteiger partial charge on any atom is 0.317 e. The van der Waals surface area contributed by atoms with Crippen LogP contribution < -0.4 is 10.1 Å². The number of urea groups is 1. The topological polar surface area (TPSA) is 44.8 Å². The van der Waals surface area contributed by atoms with Crippen LogP contribution in [0, 0.1) is 0 Å². The first-order chi connectivity index (χ1) is 10.9. The Morgan fingerprint density at radius 1 is 1.17 bits per heavy atom. The lowest BCUT2D eigenvalue weighted by atomic mass is 10.1. The van der Waals surface area contributed by atoms with Gasteiger partial charge in [-0.05, 0) is 38.8 Å². The van der Waals surface area contributed by atoms with Gasteiger partial charge >= 0.3 is 6.03 Å². The van der Waals surface area contributed by atoms with Crippen LogP contribution in [0.3, 0.4) is 0 Å². The predicted molar refractivity (Wildman–Crippen MR) is 93.0 cm³/mol. The summed E-state index contributed by atoms with van der Waals surface area (Å²) in [5.41, 5.74) is 1.29. The Bertz CT molecular complexity index is 517. The van der Waals surface area contributed by atoms with E-state index in [2.05, 4.69) is 31.0 Å². The molecule has 1 aliphatic heterocycles. The van der Waals surface area contributed by atoms with Gasteiger partial charge in [-0.15, -0.1) is 0 Å². The molecule has 23 heavy (non-hydrogen) atoms. The lowest BCUT2D eigenvalue weighted by molar-refractivity contribution is 0.0744. The summed E-state index contributed by atoms with van der Waals surface area (Å²) < 4.78 is 5.33. The van der Waals surface area contributed by atoms with Crippen LogP contribution in [0.2, 0.25) is 0 Å². The Morgan fingerprint density at radius 2 is 1.83 bits per heavy atom. The van der Waals surface area contributed by atoms with E-state index >= 15 is 0 Å². The second kappa shape index (κ2) is 7.68. The van der Waals surface area contributed by atoms with E-state index in [1.54, 1.807) is 7.11 Å². The summed E-state index contributed by atoms with van der Waals surface area (Å²) in [5.74, 6) is 0.876. The first-order valence-electron chi connectivity index (χ1n) is 8.31. The largest absolute Gasteiger partial charge is 0.496 e. The number of carbonyl (C=O) groups is 1. The van der Waals surface area contributed by atoms with Crippen LogP contribution in [0.5, 0.6) is 5.75 Å². The highest BCUT2D eigenvalue weighted by atomic mass is 16.5. The van der Waals surface area contributed by atoms with Crippen LogP contribution in [-0.2, 0) is 6.42 Å². The molecule has 5 heteroatoms. The number of rotatable bonds is 4. The molecule has 1 saturated heterocycles. The van der Waals surface area contributed by atoms with Gasteiger partial charge in [0.1, 0.15) is 5.75 Å². The van der Waals surface area contributed by atoms with Gasteiger partial charge in [-0.25, -0.2) is 4.79 Å². The minimum absolute atomic E-state index is 0.0356. The Balaban J connectivity index is 1.76. The molecule has 1 aliphatic rings. The van der Waals surface area contributed by atoms with Gasteiger partial charge in [-0.3, -0.25) is 4.90 Å². The molecule has 1 aromatic carbocycles. The van der Waals surface area contributed by atoms with Gasteiger partial charge in [0, 0.05) is 38.3 Å². The summed E-state index contributed by atoms with van der Waals surface area (Å²) in [6.45, 7) is 10.7. The van der Waals surface area contributed by atoms with Gasteiger partial charge < -0.3 is 15.0 Å². The summed E-state index contributed by atoms with van der Waals surface area (Å²) in [6, 6.07) is 7.96. The molecule has 1 aromatic rings. The molecule has 2 rings (SSSR count). The second-order valence-corrected chi connectivity index (χ2v) is 6.94. The smallest absolute Gasteiger partial charge is 0.317 e. The van der Waals surface area contributed by atoms with Gasteiger partial charge in [-0.1, -0.05) is 18.2 Å². The van der Waals surface area contributed by atoms with Crippen LogP contribution in [0.25, 0.3) is 0 Å². The standard InChI is InChI=1S/C18H29N3O2/c1-18(2,3)21-13-11-20(12-14-21)17(22)19-10-9-15-7-5-6-8-16(15)23-4/h5-8H,9-14H2,1-4H3,(H,19,22). The highest BCUT2D eigenvalue weighted by Crippen LogP contribution is 2.18. The van der Waals surface area contributed by atoms with Gasteiger partial charge in [-0.2, -0.15) is 0 Å². The van der Waals surface area contributed by atoms with Gasteiger partial charge in [0.15, 0.2) is 0 Å². The zero-order chi connectivity index (χ0) is 16.9. The third-order valence-electron chi connectivity index (χ3n) is 4.38. The molecule has 0 bridgehead atoms. The average molecular weight is 319 g/mol. The molecule has 0 saturated carbocycles. The van der Waals surface area contributed by atoms with Crippen molar-refractivity contribution in [2.75, 3.05) is 39.8 Å². The van der Waals surface area contributed by atoms with Crippen LogP contribution in [-0.4, -0.2) is 61.2 Å². The number of ether oxygens (including phenoxy) is 1. The van der Waals surface area contributed by atoms with Crippen LogP contribution in [0.4, 0.5) is 4.79 Å². The second-order valence-electron chi connectivity index (χ2n) is 6.94. The van der Waals surface area contributed by atoms with E-state index in [1.807, 2.05) is 29.2 Å².